The highest BCUT2D eigenvalue weighted by Gasteiger charge is 2.42. The van der Waals surface area contributed by atoms with E-state index < -0.39 is 18.1 Å². The van der Waals surface area contributed by atoms with Gasteiger partial charge in [0.1, 0.15) is 12.7 Å². The summed E-state index contributed by atoms with van der Waals surface area (Å²) in [5.41, 5.74) is 0.505. The van der Waals surface area contributed by atoms with E-state index in [1.165, 1.54) is 49.2 Å². The number of benzene rings is 1. The SMILES string of the molecule is O=C(NC(c1ccccn1)C(F)(F)F)c1ccc(-n2cnnc2)cc1. The minimum absolute atomic E-state index is 0.0991. The average molecular weight is 347 g/mol. The summed E-state index contributed by atoms with van der Waals surface area (Å²) in [4.78, 5) is 15.9. The van der Waals surface area contributed by atoms with Crippen molar-refractivity contribution in [3.8, 4) is 5.69 Å². The first-order chi connectivity index (χ1) is 11.9. The average Bonchev–Trinajstić information content (AvgIpc) is 3.14. The number of nitrogens with zero attached hydrogens (tertiary/aromatic N) is 4. The van der Waals surface area contributed by atoms with Gasteiger partial charge in [-0.1, -0.05) is 6.07 Å². The van der Waals surface area contributed by atoms with Crippen molar-refractivity contribution >= 4 is 5.91 Å². The van der Waals surface area contributed by atoms with E-state index in [-0.39, 0.29) is 11.3 Å². The van der Waals surface area contributed by atoms with Gasteiger partial charge in [-0.15, -0.1) is 10.2 Å². The van der Waals surface area contributed by atoms with Crippen LogP contribution in [-0.2, 0) is 0 Å². The van der Waals surface area contributed by atoms with Gasteiger partial charge in [-0.25, -0.2) is 0 Å². The molecule has 0 saturated heterocycles. The predicted molar refractivity (Wildman–Crippen MR) is 81.9 cm³/mol. The molecule has 0 aliphatic heterocycles. The Morgan fingerprint density at radius 1 is 1.04 bits per heavy atom. The van der Waals surface area contributed by atoms with Gasteiger partial charge < -0.3 is 5.32 Å². The summed E-state index contributed by atoms with van der Waals surface area (Å²) in [6, 6.07) is 7.99. The molecule has 6 nitrogen and oxygen atoms in total. The Hall–Kier alpha value is -3.23. The minimum atomic E-state index is -4.66. The van der Waals surface area contributed by atoms with E-state index in [4.69, 9.17) is 0 Å². The summed E-state index contributed by atoms with van der Waals surface area (Å²) < 4.78 is 41.4. The Kier molecular flexibility index (Phi) is 4.46. The van der Waals surface area contributed by atoms with Gasteiger partial charge in [0, 0.05) is 17.4 Å². The van der Waals surface area contributed by atoms with Gasteiger partial charge in [0.2, 0.25) is 0 Å². The van der Waals surface area contributed by atoms with Gasteiger partial charge in [-0.05, 0) is 36.4 Å². The molecule has 0 aliphatic carbocycles. The van der Waals surface area contributed by atoms with E-state index in [0.717, 1.165) is 0 Å². The number of carbonyl (C=O) groups excluding carboxylic acids is 1. The lowest BCUT2D eigenvalue weighted by atomic mass is 10.1. The molecule has 1 unspecified atom stereocenters. The number of amides is 1. The fourth-order valence-corrected chi connectivity index (χ4v) is 2.20. The summed E-state index contributed by atoms with van der Waals surface area (Å²) in [5.74, 6) is -0.844. The molecule has 2 heterocycles. The van der Waals surface area contributed by atoms with Crippen molar-refractivity contribution in [2.45, 2.75) is 12.2 Å². The van der Waals surface area contributed by atoms with Crippen LogP contribution in [-0.4, -0.2) is 31.8 Å². The quantitative estimate of drug-likeness (QED) is 0.788. The molecule has 1 amide bonds. The van der Waals surface area contributed by atoms with Crippen LogP contribution in [0.4, 0.5) is 13.2 Å². The van der Waals surface area contributed by atoms with Crippen molar-refractivity contribution < 1.29 is 18.0 Å². The van der Waals surface area contributed by atoms with Gasteiger partial charge >= 0.3 is 6.18 Å². The molecule has 0 bridgehead atoms. The van der Waals surface area contributed by atoms with E-state index in [2.05, 4.69) is 15.2 Å². The number of aromatic nitrogens is 4. The minimum Gasteiger partial charge on any atom is -0.335 e. The van der Waals surface area contributed by atoms with Gasteiger partial charge in [0.15, 0.2) is 6.04 Å². The molecule has 1 aromatic carbocycles. The Balaban J connectivity index is 1.80. The molecular formula is C16H12F3N5O. The first-order valence-electron chi connectivity index (χ1n) is 7.19. The number of halogens is 3. The molecule has 128 valence electrons. The van der Waals surface area contributed by atoms with Crippen molar-refractivity contribution in [3.05, 3.63) is 72.6 Å². The maximum absolute atomic E-state index is 13.3. The van der Waals surface area contributed by atoms with E-state index in [0.29, 0.717) is 5.69 Å². The highest BCUT2D eigenvalue weighted by atomic mass is 19.4. The van der Waals surface area contributed by atoms with Crippen LogP contribution in [0.5, 0.6) is 0 Å². The van der Waals surface area contributed by atoms with Gasteiger partial charge in [0.25, 0.3) is 5.91 Å². The maximum atomic E-state index is 13.3. The topological polar surface area (TPSA) is 72.7 Å². The first-order valence-corrected chi connectivity index (χ1v) is 7.19. The fraction of sp³-hybridized carbons (Fsp3) is 0.125. The predicted octanol–water partition coefficient (Wildman–Crippen LogP) is 2.70. The molecule has 3 rings (SSSR count). The van der Waals surface area contributed by atoms with Crippen LogP contribution in [0.3, 0.4) is 0 Å². The van der Waals surface area contributed by atoms with Crippen molar-refractivity contribution in [1.82, 2.24) is 25.1 Å². The highest BCUT2D eigenvalue weighted by molar-refractivity contribution is 5.94. The second-order valence-electron chi connectivity index (χ2n) is 5.12. The maximum Gasteiger partial charge on any atom is 0.414 e. The normalized spacial score (nSPS) is 12.6. The number of rotatable bonds is 4. The van der Waals surface area contributed by atoms with E-state index in [1.807, 2.05) is 5.32 Å². The number of carbonyl (C=O) groups is 1. The van der Waals surface area contributed by atoms with Crippen LogP contribution in [0.15, 0.2) is 61.3 Å². The van der Waals surface area contributed by atoms with Crippen LogP contribution in [0, 0.1) is 0 Å². The van der Waals surface area contributed by atoms with Crippen LogP contribution in [0.1, 0.15) is 22.1 Å². The Morgan fingerprint density at radius 3 is 2.28 bits per heavy atom. The van der Waals surface area contributed by atoms with Crippen LogP contribution in [0.2, 0.25) is 0 Å². The second kappa shape index (κ2) is 6.71. The third kappa shape index (κ3) is 3.82. The lowest BCUT2D eigenvalue weighted by Gasteiger charge is -2.21. The molecule has 0 aliphatic rings. The smallest absolute Gasteiger partial charge is 0.335 e. The summed E-state index contributed by atoms with van der Waals surface area (Å²) in [6.07, 6.45) is -0.480. The molecule has 1 atom stereocenters. The van der Waals surface area contributed by atoms with Crippen LogP contribution in [0.25, 0.3) is 5.69 Å². The molecular weight excluding hydrogens is 335 g/mol. The molecule has 9 heteroatoms. The highest BCUT2D eigenvalue weighted by Crippen LogP contribution is 2.31. The van der Waals surface area contributed by atoms with E-state index in [9.17, 15) is 18.0 Å². The molecule has 0 spiro atoms. The van der Waals surface area contributed by atoms with Crippen molar-refractivity contribution in [2.75, 3.05) is 0 Å². The molecule has 3 aromatic rings. The summed E-state index contributed by atoms with van der Waals surface area (Å²) in [5, 5.41) is 9.30. The zero-order valence-electron chi connectivity index (χ0n) is 12.7. The Bertz CT molecular complexity index is 832. The zero-order chi connectivity index (χ0) is 17.9. The number of pyridine rings is 1. The van der Waals surface area contributed by atoms with Crippen molar-refractivity contribution in [3.63, 3.8) is 0 Å². The lowest BCUT2D eigenvalue weighted by molar-refractivity contribution is -0.156. The second-order valence-corrected chi connectivity index (χ2v) is 5.12. The molecule has 0 fully saturated rings. The lowest BCUT2D eigenvalue weighted by Crippen LogP contribution is -2.38. The van der Waals surface area contributed by atoms with Crippen LogP contribution < -0.4 is 5.32 Å². The molecule has 0 radical (unpaired) electrons. The Labute approximate surface area is 140 Å². The van der Waals surface area contributed by atoms with E-state index >= 15 is 0 Å². The standard InChI is InChI=1S/C16H12F3N5O/c17-16(18,19)14(13-3-1-2-8-20-13)23-15(25)11-4-6-12(7-5-11)24-9-21-22-10-24/h1-10,14H,(H,23,25). The van der Waals surface area contributed by atoms with Gasteiger partial charge in [-0.3, -0.25) is 14.3 Å². The van der Waals surface area contributed by atoms with Crippen molar-refractivity contribution in [2.24, 2.45) is 0 Å². The third-order valence-electron chi connectivity index (χ3n) is 3.43. The summed E-state index contributed by atoms with van der Waals surface area (Å²) in [7, 11) is 0. The zero-order valence-corrected chi connectivity index (χ0v) is 12.7. The van der Waals surface area contributed by atoms with Crippen molar-refractivity contribution in [1.29, 1.82) is 0 Å². The Morgan fingerprint density at radius 2 is 1.72 bits per heavy atom. The van der Waals surface area contributed by atoms with Crippen LogP contribution >= 0.6 is 0 Å². The monoisotopic (exact) mass is 347 g/mol. The number of hydrogen-bond acceptors (Lipinski definition) is 4. The number of hydrogen-bond donors (Lipinski definition) is 1. The molecule has 0 saturated carbocycles. The fourth-order valence-electron chi connectivity index (χ4n) is 2.20. The summed E-state index contributed by atoms with van der Waals surface area (Å²) in [6.45, 7) is 0. The molecule has 2 aromatic heterocycles. The van der Waals surface area contributed by atoms with E-state index in [1.54, 1.807) is 16.7 Å². The number of nitrogens with one attached hydrogen (secondary N) is 1. The number of alkyl halides is 3. The molecule has 25 heavy (non-hydrogen) atoms. The molecule has 1 N–H and O–H groups in total. The third-order valence-corrected chi connectivity index (χ3v) is 3.43. The summed E-state index contributed by atoms with van der Waals surface area (Å²) >= 11 is 0. The van der Waals surface area contributed by atoms with Gasteiger partial charge in [0.05, 0.1) is 5.69 Å². The largest absolute Gasteiger partial charge is 0.414 e. The first kappa shape index (κ1) is 16.6. The van der Waals surface area contributed by atoms with Gasteiger partial charge in [-0.2, -0.15) is 13.2 Å².